The van der Waals surface area contributed by atoms with Crippen LogP contribution in [0.25, 0.3) is 0 Å². The molecule has 144 valence electrons. The number of benzene rings is 2. The van der Waals surface area contributed by atoms with Crippen molar-refractivity contribution >= 4 is 17.3 Å². The van der Waals surface area contributed by atoms with Gasteiger partial charge in [-0.1, -0.05) is 30.3 Å². The number of thiocarbonyl (C=S) groups is 1. The maximum atomic E-state index is 14.2. The molecule has 0 aliphatic carbocycles. The number of likely N-dealkylation sites (tertiary alicyclic amines) is 1. The smallest absolute Gasteiger partial charge is 0.207 e. The Labute approximate surface area is 157 Å². The van der Waals surface area contributed by atoms with Crippen LogP contribution in [0.3, 0.4) is 0 Å². The molecule has 0 atom stereocenters. The van der Waals surface area contributed by atoms with E-state index in [4.69, 9.17) is 22.7 Å². The molecule has 0 unspecified atom stereocenters. The molecule has 1 aliphatic heterocycles. The number of rotatable bonds is 3. The van der Waals surface area contributed by atoms with Gasteiger partial charge in [-0.05, 0) is 17.8 Å². The minimum absolute atomic E-state index is 0.160. The van der Waals surface area contributed by atoms with Crippen molar-refractivity contribution in [2.24, 2.45) is 5.73 Å². The van der Waals surface area contributed by atoms with Crippen molar-refractivity contribution < 1.29 is 26.7 Å². The predicted octanol–water partition coefficient (Wildman–Crippen LogP) is 4.00. The summed E-state index contributed by atoms with van der Waals surface area (Å²) in [4.78, 5) is 1.68. The minimum atomic E-state index is -2.23. The molecule has 2 N–H and O–H groups in total. The van der Waals surface area contributed by atoms with Crippen LogP contribution < -0.4 is 10.5 Å². The number of ether oxygens (including phenoxy) is 1. The van der Waals surface area contributed by atoms with E-state index >= 15 is 0 Å². The summed E-state index contributed by atoms with van der Waals surface area (Å²) in [6.45, 7) is 0.610. The van der Waals surface area contributed by atoms with Crippen LogP contribution in [0.15, 0.2) is 30.3 Å². The topological polar surface area (TPSA) is 38.5 Å². The molecule has 1 saturated heterocycles. The van der Waals surface area contributed by atoms with Crippen molar-refractivity contribution in [3.8, 4) is 5.75 Å². The first-order valence-corrected chi connectivity index (χ1v) is 8.48. The molecule has 0 spiro atoms. The summed E-state index contributed by atoms with van der Waals surface area (Å²) < 4.78 is 74.3. The molecular weight excluding hydrogens is 387 g/mol. The fourth-order valence-electron chi connectivity index (χ4n) is 3.15. The second-order valence-corrected chi connectivity index (χ2v) is 6.60. The highest BCUT2D eigenvalue weighted by molar-refractivity contribution is 7.80. The number of nitrogens with two attached hydrogens (primary N) is 1. The zero-order chi connectivity index (χ0) is 19.8. The van der Waals surface area contributed by atoms with Crippen molar-refractivity contribution in [2.75, 3.05) is 13.1 Å². The first-order chi connectivity index (χ1) is 12.8. The number of hydrogen-bond acceptors (Lipinski definition) is 2. The van der Waals surface area contributed by atoms with Gasteiger partial charge in [0, 0.05) is 25.9 Å². The van der Waals surface area contributed by atoms with E-state index < -0.39 is 40.4 Å². The van der Waals surface area contributed by atoms with E-state index in [1.54, 1.807) is 35.2 Å². The molecule has 1 aliphatic rings. The van der Waals surface area contributed by atoms with Crippen LogP contribution in [0.1, 0.15) is 18.4 Å². The molecule has 1 fully saturated rings. The van der Waals surface area contributed by atoms with E-state index in [0.717, 1.165) is 0 Å². The van der Waals surface area contributed by atoms with Crippen LogP contribution in [-0.2, 0) is 5.60 Å². The third-order valence-electron chi connectivity index (χ3n) is 4.65. The lowest BCUT2D eigenvalue weighted by molar-refractivity contribution is 0.00499. The highest BCUT2D eigenvalue weighted by Gasteiger charge is 2.41. The first kappa shape index (κ1) is 19.3. The Morgan fingerprint density at radius 2 is 1.37 bits per heavy atom. The number of hydrogen-bond donors (Lipinski definition) is 1. The molecule has 1 heterocycles. The lowest BCUT2D eigenvalue weighted by Gasteiger charge is -2.42. The van der Waals surface area contributed by atoms with Gasteiger partial charge in [0.1, 0.15) is 5.60 Å². The van der Waals surface area contributed by atoms with Gasteiger partial charge in [0.05, 0.1) is 0 Å². The zero-order valence-electron chi connectivity index (χ0n) is 13.9. The van der Waals surface area contributed by atoms with Gasteiger partial charge in [-0.2, -0.15) is 8.78 Å². The van der Waals surface area contributed by atoms with Crippen molar-refractivity contribution in [1.82, 2.24) is 4.90 Å². The lowest BCUT2D eigenvalue weighted by atomic mass is 9.84. The Morgan fingerprint density at radius 1 is 0.889 bits per heavy atom. The summed E-state index contributed by atoms with van der Waals surface area (Å²) in [6.07, 6.45) is 0.377. The summed E-state index contributed by atoms with van der Waals surface area (Å²) >= 11 is 4.93. The van der Waals surface area contributed by atoms with Gasteiger partial charge in [0.2, 0.25) is 29.1 Å². The molecule has 0 saturated carbocycles. The van der Waals surface area contributed by atoms with Crippen LogP contribution in [0, 0.1) is 29.1 Å². The Hall–Kier alpha value is -2.42. The summed E-state index contributed by atoms with van der Waals surface area (Å²) in [5.74, 6) is -11.6. The molecule has 27 heavy (non-hydrogen) atoms. The third kappa shape index (κ3) is 3.43. The van der Waals surface area contributed by atoms with Crippen LogP contribution in [0.5, 0.6) is 5.75 Å². The summed E-state index contributed by atoms with van der Waals surface area (Å²) in [7, 11) is 0. The van der Waals surface area contributed by atoms with Gasteiger partial charge >= 0.3 is 0 Å². The molecule has 9 heteroatoms. The standard InChI is InChI=1S/C18H15F5N2OS/c19-11-12(20)14(22)16(15(23)13(11)21)26-18(10-4-2-1-3-5-10)6-8-25(9-7-18)17(24)27/h1-5H,6-9H2,(H2,24,27). The van der Waals surface area contributed by atoms with E-state index in [2.05, 4.69) is 0 Å². The third-order valence-corrected chi connectivity index (χ3v) is 4.91. The van der Waals surface area contributed by atoms with Gasteiger partial charge < -0.3 is 15.4 Å². The molecule has 0 aromatic heterocycles. The number of nitrogens with zero attached hydrogens (tertiary/aromatic N) is 1. The molecular formula is C18H15F5N2OS. The van der Waals surface area contributed by atoms with E-state index in [1.165, 1.54) is 0 Å². The summed E-state index contributed by atoms with van der Waals surface area (Å²) in [6, 6.07) is 8.46. The highest BCUT2D eigenvalue weighted by Crippen LogP contribution is 2.41. The van der Waals surface area contributed by atoms with Gasteiger partial charge in [-0.25, -0.2) is 13.2 Å². The highest BCUT2D eigenvalue weighted by atomic mass is 32.1. The van der Waals surface area contributed by atoms with Crippen LogP contribution in [0.2, 0.25) is 0 Å². The number of piperidine rings is 1. The normalized spacial score (nSPS) is 16.3. The maximum Gasteiger partial charge on any atom is 0.207 e. The Balaban J connectivity index is 2.06. The quantitative estimate of drug-likeness (QED) is 0.365. The SMILES string of the molecule is NC(=S)N1CCC(Oc2c(F)c(F)c(F)c(F)c2F)(c2ccccc2)CC1. The molecule has 3 nitrogen and oxygen atoms in total. The predicted molar refractivity (Wildman–Crippen MR) is 92.6 cm³/mol. The fraction of sp³-hybridized carbons (Fsp3) is 0.278. The van der Waals surface area contributed by atoms with Crippen LogP contribution in [0.4, 0.5) is 22.0 Å². The van der Waals surface area contributed by atoms with Crippen molar-refractivity contribution in [3.63, 3.8) is 0 Å². The van der Waals surface area contributed by atoms with E-state index in [0.29, 0.717) is 18.7 Å². The van der Waals surface area contributed by atoms with Crippen LogP contribution in [-0.4, -0.2) is 23.1 Å². The Morgan fingerprint density at radius 3 is 1.85 bits per heavy atom. The average molecular weight is 402 g/mol. The van der Waals surface area contributed by atoms with Gasteiger partial charge in [-0.3, -0.25) is 0 Å². The van der Waals surface area contributed by atoms with E-state index in [9.17, 15) is 22.0 Å². The van der Waals surface area contributed by atoms with E-state index in [1.807, 2.05) is 0 Å². The van der Waals surface area contributed by atoms with Crippen molar-refractivity contribution in [3.05, 3.63) is 65.0 Å². The van der Waals surface area contributed by atoms with Gasteiger partial charge in [0.15, 0.2) is 10.9 Å². The fourth-order valence-corrected chi connectivity index (χ4v) is 3.33. The molecule has 0 bridgehead atoms. The second-order valence-electron chi connectivity index (χ2n) is 6.19. The van der Waals surface area contributed by atoms with E-state index in [-0.39, 0.29) is 18.0 Å². The first-order valence-electron chi connectivity index (χ1n) is 8.07. The zero-order valence-corrected chi connectivity index (χ0v) is 14.8. The average Bonchev–Trinajstić information content (AvgIpc) is 2.69. The molecule has 2 aromatic carbocycles. The van der Waals surface area contributed by atoms with Gasteiger partial charge in [0.25, 0.3) is 0 Å². The lowest BCUT2D eigenvalue weighted by Crippen LogP contribution is -2.49. The molecule has 3 rings (SSSR count). The van der Waals surface area contributed by atoms with Crippen molar-refractivity contribution in [1.29, 1.82) is 0 Å². The number of halogens is 5. The minimum Gasteiger partial charge on any atom is -0.476 e. The second kappa shape index (κ2) is 7.30. The monoisotopic (exact) mass is 402 g/mol. The maximum absolute atomic E-state index is 14.2. The Bertz CT molecular complexity index is 841. The molecule has 0 amide bonds. The molecule has 0 radical (unpaired) electrons. The van der Waals surface area contributed by atoms with Crippen LogP contribution >= 0.6 is 12.2 Å². The van der Waals surface area contributed by atoms with Gasteiger partial charge in [-0.15, -0.1) is 0 Å². The molecule has 2 aromatic rings. The largest absolute Gasteiger partial charge is 0.476 e. The van der Waals surface area contributed by atoms with Crippen molar-refractivity contribution in [2.45, 2.75) is 18.4 Å². The summed E-state index contributed by atoms with van der Waals surface area (Å²) in [5.41, 5.74) is 4.87. The summed E-state index contributed by atoms with van der Waals surface area (Å²) in [5, 5.41) is 0.160. The Kier molecular flexibility index (Phi) is 5.23.